The second kappa shape index (κ2) is 7.20. The van der Waals surface area contributed by atoms with Crippen molar-refractivity contribution in [2.45, 2.75) is 27.3 Å². The van der Waals surface area contributed by atoms with Crippen molar-refractivity contribution in [1.82, 2.24) is 4.72 Å². The second-order valence-corrected chi connectivity index (χ2v) is 5.29. The fourth-order valence-electron chi connectivity index (χ4n) is 1.36. The van der Waals surface area contributed by atoms with E-state index in [9.17, 15) is 4.21 Å². The standard InChI is InChI=1S/C14H19NOS/c1-4-14(10-12(2)3)17(16)15-11-13-8-6-5-7-9-13/h4-10,15H,11H2,1-3H3/b14-4+. The summed E-state index contributed by atoms with van der Waals surface area (Å²) in [4.78, 5) is 0.820. The second-order valence-electron chi connectivity index (χ2n) is 3.99. The van der Waals surface area contributed by atoms with Crippen LogP contribution in [0.15, 0.2) is 53.0 Å². The molecule has 1 N–H and O–H groups in total. The van der Waals surface area contributed by atoms with Crippen molar-refractivity contribution in [2.75, 3.05) is 0 Å². The zero-order valence-corrected chi connectivity index (χ0v) is 11.4. The van der Waals surface area contributed by atoms with Gasteiger partial charge in [0, 0.05) is 11.4 Å². The van der Waals surface area contributed by atoms with Crippen LogP contribution in [-0.4, -0.2) is 4.21 Å². The molecule has 0 bridgehead atoms. The van der Waals surface area contributed by atoms with E-state index in [4.69, 9.17) is 0 Å². The maximum absolute atomic E-state index is 12.0. The minimum atomic E-state index is -1.14. The van der Waals surface area contributed by atoms with E-state index >= 15 is 0 Å². The smallest absolute Gasteiger partial charge is 0.124 e. The third-order valence-corrected chi connectivity index (χ3v) is 3.37. The maximum Gasteiger partial charge on any atom is 0.124 e. The minimum absolute atomic E-state index is 0.612. The molecule has 0 aliphatic carbocycles. The Kier molecular flexibility index (Phi) is 5.87. The Labute approximate surface area is 106 Å². The van der Waals surface area contributed by atoms with Gasteiger partial charge in [0.2, 0.25) is 0 Å². The molecular weight excluding hydrogens is 230 g/mol. The van der Waals surface area contributed by atoms with Crippen molar-refractivity contribution in [3.05, 3.63) is 58.5 Å². The summed E-state index contributed by atoms with van der Waals surface area (Å²) in [5.41, 5.74) is 2.28. The average molecular weight is 249 g/mol. The number of rotatable bonds is 5. The highest BCUT2D eigenvalue weighted by Crippen LogP contribution is 2.07. The maximum atomic E-state index is 12.0. The SMILES string of the molecule is C/C=C(\C=C(C)C)S(=O)NCc1ccccc1. The van der Waals surface area contributed by atoms with Gasteiger partial charge in [0.05, 0.1) is 0 Å². The molecule has 1 atom stereocenters. The summed E-state index contributed by atoms with van der Waals surface area (Å²) in [5.74, 6) is 0. The van der Waals surface area contributed by atoms with E-state index in [2.05, 4.69) is 4.72 Å². The molecule has 0 aromatic heterocycles. The summed E-state index contributed by atoms with van der Waals surface area (Å²) in [5, 5.41) is 0. The molecule has 0 saturated carbocycles. The molecular formula is C14H19NOS. The summed E-state index contributed by atoms with van der Waals surface area (Å²) in [6, 6.07) is 9.96. The molecule has 0 aliphatic heterocycles. The lowest BCUT2D eigenvalue weighted by Gasteiger charge is -2.06. The topological polar surface area (TPSA) is 29.1 Å². The minimum Gasteiger partial charge on any atom is -0.238 e. The lowest BCUT2D eigenvalue weighted by molar-refractivity contribution is 0.676. The molecule has 1 aromatic rings. The first-order valence-electron chi connectivity index (χ1n) is 5.64. The van der Waals surface area contributed by atoms with E-state index in [0.29, 0.717) is 6.54 Å². The van der Waals surface area contributed by atoms with Crippen LogP contribution in [0.2, 0.25) is 0 Å². The summed E-state index contributed by atoms with van der Waals surface area (Å²) >= 11 is 0. The zero-order chi connectivity index (χ0) is 12.7. The molecule has 0 heterocycles. The summed E-state index contributed by atoms with van der Waals surface area (Å²) in [6.07, 6.45) is 3.81. The number of nitrogens with one attached hydrogen (secondary N) is 1. The number of benzene rings is 1. The van der Waals surface area contributed by atoms with E-state index in [1.807, 2.05) is 63.3 Å². The molecule has 0 saturated heterocycles. The first kappa shape index (κ1) is 13.9. The van der Waals surface area contributed by atoms with Gasteiger partial charge < -0.3 is 0 Å². The molecule has 17 heavy (non-hydrogen) atoms. The molecule has 2 nitrogen and oxygen atoms in total. The van der Waals surface area contributed by atoms with E-state index in [1.165, 1.54) is 0 Å². The van der Waals surface area contributed by atoms with Crippen molar-refractivity contribution in [2.24, 2.45) is 0 Å². The van der Waals surface area contributed by atoms with Crippen LogP contribution < -0.4 is 4.72 Å². The number of allylic oxidation sites excluding steroid dienone is 3. The van der Waals surface area contributed by atoms with Crippen LogP contribution in [0.4, 0.5) is 0 Å². The van der Waals surface area contributed by atoms with Gasteiger partial charge in [0.15, 0.2) is 0 Å². The van der Waals surface area contributed by atoms with Crippen LogP contribution in [0.1, 0.15) is 26.3 Å². The lowest BCUT2D eigenvalue weighted by atomic mass is 10.2. The summed E-state index contributed by atoms with van der Waals surface area (Å²) in [7, 11) is -1.14. The molecule has 92 valence electrons. The van der Waals surface area contributed by atoms with E-state index in [-0.39, 0.29) is 0 Å². The van der Waals surface area contributed by atoms with Gasteiger partial charge in [-0.05, 0) is 32.4 Å². The van der Waals surface area contributed by atoms with Crippen molar-refractivity contribution >= 4 is 11.0 Å². The van der Waals surface area contributed by atoms with Crippen LogP contribution in [-0.2, 0) is 17.5 Å². The highest BCUT2D eigenvalue weighted by atomic mass is 32.2. The highest BCUT2D eigenvalue weighted by Gasteiger charge is 2.03. The highest BCUT2D eigenvalue weighted by molar-refractivity contribution is 7.87. The van der Waals surface area contributed by atoms with Gasteiger partial charge in [0.25, 0.3) is 0 Å². The van der Waals surface area contributed by atoms with Crippen LogP contribution in [0.5, 0.6) is 0 Å². The summed E-state index contributed by atoms with van der Waals surface area (Å²) < 4.78 is 15.0. The Morgan fingerprint density at radius 1 is 1.29 bits per heavy atom. The normalized spacial score (nSPS) is 13.2. The lowest BCUT2D eigenvalue weighted by Crippen LogP contribution is -2.17. The van der Waals surface area contributed by atoms with Crippen LogP contribution in [0, 0.1) is 0 Å². The monoisotopic (exact) mass is 249 g/mol. The fraction of sp³-hybridized carbons (Fsp3) is 0.286. The van der Waals surface area contributed by atoms with Crippen molar-refractivity contribution < 1.29 is 4.21 Å². The van der Waals surface area contributed by atoms with E-state index < -0.39 is 11.0 Å². The Morgan fingerprint density at radius 2 is 1.94 bits per heavy atom. The van der Waals surface area contributed by atoms with Gasteiger partial charge in [0.1, 0.15) is 11.0 Å². The van der Waals surface area contributed by atoms with Crippen molar-refractivity contribution in [1.29, 1.82) is 0 Å². The zero-order valence-electron chi connectivity index (χ0n) is 10.6. The van der Waals surface area contributed by atoms with Crippen LogP contribution >= 0.6 is 0 Å². The van der Waals surface area contributed by atoms with Gasteiger partial charge in [-0.25, -0.2) is 8.93 Å². The van der Waals surface area contributed by atoms with Gasteiger partial charge in [-0.2, -0.15) is 0 Å². The third-order valence-electron chi connectivity index (χ3n) is 2.18. The molecule has 1 aromatic carbocycles. The van der Waals surface area contributed by atoms with Crippen molar-refractivity contribution in [3.8, 4) is 0 Å². The van der Waals surface area contributed by atoms with Crippen LogP contribution in [0.3, 0.4) is 0 Å². The van der Waals surface area contributed by atoms with Gasteiger partial charge in [-0.1, -0.05) is 42.0 Å². The first-order chi connectivity index (χ1) is 8.13. The third kappa shape index (κ3) is 5.11. The molecule has 0 amide bonds. The Hall–Kier alpha value is -1.19. The quantitative estimate of drug-likeness (QED) is 0.797. The van der Waals surface area contributed by atoms with Gasteiger partial charge >= 0.3 is 0 Å². The largest absolute Gasteiger partial charge is 0.238 e. The number of hydrogen-bond donors (Lipinski definition) is 1. The van der Waals surface area contributed by atoms with E-state index in [0.717, 1.165) is 16.0 Å². The predicted molar refractivity (Wildman–Crippen MR) is 74.6 cm³/mol. The fourth-order valence-corrected chi connectivity index (χ4v) is 2.38. The van der Waals surface area contributed by atoms with Gasteiger partial charge in [-0.15, -0.1) is 0 Å². The van der Waals surface area contributed by atoms with Crippen LogP contribution in [0.25, 0.3) is 0 Å². The Bertz CT molecular complexity index is 431. The molecule has 0 fully saturated rings. The summed E-state index contributed by atoms with van der Waals surface area (Å²) in [6.45, 7) is 6.51. The van der Waals surface area contributed by atoms with Crippen molar-refractivity contribution in [3.63, 3.8) is 0 Å². The Morgan fingerprint density at radius 3 is 2.47 bits per heavy atom. The number of hydrogen-bond acceptors (Lipinski definition) is 1. The molecule has 0 aliphatic rings. The molecule has 3 heteroatoms. The van der Waals surface area contributed by atoms with E-state index in [1.54, 1.807) is 0 Å². The molecule has 0 radical (unpaired) electrons. The average Bonchev–Trinajstić information content (AvgIpc) is 2.34. The molecule has 0 spiro atoms. The first-order valence-corrected chi connectivity index (χ1v) is 6.79. The Balaban J connectivity index is 2.58. The molecule has 1 rings (SSSR count). The predicted octanol–water partition coefficient (Wildman–Crippen LogP) is 3.31. The van der Waals surface area contributed by atoms with Gasteiger partial charge in [-0.3, -0.25) is 0 Å². The molecule has 1 unspecified atom stereocenters.